The summed E-state index contributed by atoms with van der Waals surface area (Å²) in [5, 5.41) is 14.1. The molecule has 0 bridgehead atoms. The van der Waals surface area contributed by atoms with E-state index in [1.807, 2.05) is 12.1 Å². The molecule has 20 heteroatoms. The second-order valence-corrected chi connectivity index (χ2v) is 13.1. The van der Waals surface area contributed by atoms with Gasteiger partial charge in [-0.05, 0) is 73.4 Å². The molecule has 0 aliphatic heterocycles. The number of aromatic nitrogens is 5. The lowest BCUT2D eigenvalue weighted by molar-refractivity contribution is -0.154. The van der Waals surface area contributed by atoms with Crippen LogP contribution in [0.15, 0.2) is 85.3 Å². The van der Waals surface area contributed by atoms with Gasteiger partial charge in [0.1, 0.15) is 6.04 Å². The molecule has 57 heavy (non-hydrogen) atoms. The summed E-state index contributed by atoms with van der Waals surface area (Å²) in [7, 11) is 1.13. The monoisotopic (exact) mass is 806 g/mol. The Labute approximate surface area is 327 Å². The highest BCUT2D eigenvalue weighted by Crippen LogP contribution is 2.48. The van der Waals surface area contributed by atoms with Crippen LogP contribution in [0.2, 0.25) is 5.02 Å². The van der Waals surface area contributed by atoms with Crippen LogP contribution in [0.5, 0.6) is 6.01 Å². The van der Waals surface area contributed by atoms with Gasteiger partial charge in [0.2, 0.25) is 11.9 Å². The first-order chi connectivity index (χ1) is 27.3. The average Bonchev–Trinajstić information content (AvgIpc) is 3.74. The summed E-state index contributed by atoms with van der Waals surface area (Å²) in [5.74, 6) is -3.54. The second kappa shape index (κ2) is 17.4. The minimum atomic E-state index is -4.64. The predicted octanol–water partition coefficient (Wildman–Crippen LogP) is 5.12. The molecule has 1 saturated carbocycles. The quantitative estimate of drug-likeness (QED) is 0.0601. The van der Waals surface area contributed by atoms with Crippen molar-refractivity contribution in [2.45, 2.75) is 37.0 Å². The smallest absolute Gasteiger partial charge is 0.422 e. The van der Waals surface area contributed by atoms with E-state index >= 15 is 0 Å². The first-order valence-corrected chi connectivity index (χ1v) is 17.6. The lowest BCUT2D eigenvalue weighted by Gasteiger charge is -2.19. The molecule has 2 aromatic heterocycles. The summed E-state index contributed by atoms with van der Waals surface area (Å²) < 4.78 is 48.6. The number of anilines is 4. The number of carbonyl (C=O) groups is 4. The van der Waals surface area contributed by atoms with Gasteiger partial charge in [0.05, 0.1) is 24.7 Å². The molecule has 1 aliphatic rings. The number of benzene rings is 3. The highest BCUT2D eigenvalue weighted by molar-refractivity contribution is 6.39. The van der Waals surface area contributed by atoms with E-state index in [4.69, 9.17) is 21.1 Å². The van der Waals surface area contributed by atoms with Crippen LogP contribution in [0, 0.1) is 0 Å². The molecule has 296 valence electrons. The first kappa shape index (κ1) is 39.9. The Morgan fingerprint density at radius 2 is 1.67 bits per heavy atom. The Morgan fingerprint density at radius 3 is 2.33 bits per heavy atom. The van der Waals surface area contributed by atoms with Crippen molar-refractivity contribution in [3.8, 4) is 17.3 Å². The van der Waals surface area contributed by atoms with Crippen molar-refractivity contribution in [3.05, 3.63) is 101 Å². The maximum Gasteiger partial charge on any atom is 0.422 e. The van der Waals surface area contributed by atoms with Crippen molar-refractivity contribution >= 4 is 58.6 Å². The van der Waals surface area contributed by atoms with Gasteiger partial charge >= 0.3 is 30.0 Å². The fourth-order valence-electron chi connectivity index (χ4n) is 5.51. The fourth-order valence-corrected chi connectivity index (χ4v) is 5.64. The number of carbonyl (C=O) groups excluding carboxylic acids is 4. The number of ether oxygens (including phenoxy) is 2. The lowest BCUT2D eigenvalue weighted by Crippen LogP contribution is -2.44. The number of hydrogen-bond donors (Lipinski definition) is 6. The predicted molar refractivity (Wildman–Crippen MR) is 201 cm³/mol. The minimum absolute atomic E-state index is 0.0326. The van der Waals surface area contributed by atoms with Gasteiger partial charge in [0.15, 0.2) is 6.61 Å². The van der Waals surface area contributed by atoms with Crippen LogP contribution in [-0.4, -0.2) is 81.1 Å². The van der Waals surface area contributed by atoms with Crippen LogP contribution in [-0.2, 0) is 24.7 Å². The van der Waals surface area contributed by atoms with Crippen molar-refractivity contribution in [1.29, 1.82) is 0 Å². The van der Waals surface area contributed by atoms with Crippen LogP contribution in [0.1, 0.15) is 35.2 Å². The molecular weight excluding hydrogens is 773 g/mol. The number of imidazole rings is 1. The summed E-state index contributed by atoms with van der Waals surface area (Å²) in [6.07, 6.45) is -0.151. The van der Waals surface area contributed by atoms with E-state index in [1.54, 1.807) is 42.6 Å². The van der Waals surface area contributed by atoms with Gasteiger partial charge in [-0.15, -0.1) is 0 Å². The largest absolute Gasteiger partial charge is 0.467 e. The van der Waals surface area contributed by atoms with Gasteiger partial charge in [-0.2, -0.15) is 28.1 Å². The molecule has 6 rings (SSSR count). The zero-order valence-corrected chi connectivity index (χ0v) is 30.7. The van der Waals surface area contributed by atoms with E-state index in [-0.39, 0.29) is 30.4 Å². The van der Waals surface area contributed by atoms with E-state index in [0.29, 0.717) is 40.5 Å². The summed E-state index contributed by atoms with van der Waals surface area (Å²) in [4.78, 5) is 70.0. The number of rotatable bonds is 15. The van der Waals surface area contributed by atoms with Crippen molar-refractivity contribution in [1.82, 2.24) is 35.6 Å². The molecule has 0 saturated heterocycles. The molecule has 16 nitrogen and oxygen atoms in total. The van der Waals surface area contributed by atoms with Gasteiger partial charge in [-0.3, -0.25) is 14.4 Å². The Morgan fingerprint density at radius 1 is 0.930 bits per heavy atom. The standard InChI is InChI=1S/C37H34ClF3N10O6/c1-56-32(55)27(13-16-43-30(53)31(54)45-26-4-2-3-22(17-26)28-18-42-20-44-28)47-29(52)21-5-11-25(12-6-21)46-33-48-34(50-35(49-33)57-19-37(39,40)41)51-36(14-15-36)23-7-9-24(38)10-8-23/h2-12,17-18,20,27H,13-16,19H2,1H3,(H,42,44)(H,43,53)(H,45,54)(H,47,52)(H2,46,48,49,50,51)/t27-/m0/s1. The van der Waals surface area contributed by atoms with E-state index < -0.39 is 54.1 Å². The SMILES string of the molecule is COC(=O)[C@H](CCNC(=O)C(=O)Nc1cccc(-c2c[nH]cn2)c1)NC(=O)c1ccc(Nc2nc(NC3(c4ccc(Cl)cc4)CC3)nc(OCC(F)(F)F)n2)cc1. The fraction of sp³-hybridized carbons (Fsp3) is 0.243. The van der Waals surface area contributed by atoms with Gasteiger partial charge in [-0.25, -0.2) is 9.78 Å². The Bertz CT molecular complexity index is 2220. The summed E-state index contributed by atoms with van der Waals surface area (Å²) in [5.41, 5.74) is 2.53. The molecule has 0 spiro atoms. The number of nitrogens with zero attached hydrogens (tertiary/aromatic N) is 4. The number of halogens is 4. The highest BCUT2D eigenvalue weighted by atomic mass is 35.5. The maximum absolute atomic E-state index is 13.1. The van der Waals surface area contributed by atoms with Crippen molar-refractivity contribution < 1.29 is 41.8 Å². The summed E-state index contributed by atoms with van der Waals surface area (Å²) >= 11 is 6.03. The van der Waals surface area contributed by atoms with Crippen LogP contribution < -0.4 is 31.3 Å². The van der Waals surface area contributed by atoms with Crippen molar-refractivity contribution in [2.75, 3.05) is 36.2 Å². The molecule has 1 aliphatic carbocycles. The second-order valence-electron chi connectivity index (χ2n) is 12.7. The maximum atomic E-state index is 13.1. The minimum Gasteiger partial charge on any atom is -0.467 e. The van der Waals surface area contributed by atoms with Crippen molar-refractivity contribution in [3.63, 3.8) is 0 Å². The van der Waals surface area contributed by atoms with Crippen LogP contribution in [0.3, 0.4) is 0 Å². The van der Waals surface area contributed by atoms with Gasteiger partial charge in [-0.1, -0.05) is 35.9 Å². The molecular formula is C37H34ClF3N10O6. The zero-order chi connectivity index (χ0) is 40.6. The number of H-pyrrole nitrogens is 1. The topological polar surface area (TPSA) is 214 Å². The molecule has 3 amide bonds. The molecule has 0 unspecified atom stereocenters. The number of esters is 1. The van der Waals surface area contributed by atoms with E-state index in [9.17, 15) is 32.3 Å². The average molecular weight is 807 g/mol. The first-order valence-electron chi connectivity index (χ1n) is 17.2. The van der Waals surface area contributed by atoms with Gasteiger partial charge in [0, 0.05) is 40.3 Å². The normalized spacial score (nSPS) is 13.4. The number of aromatic amines is 1. The van der Waals surface area contributed by atoms with E-state index in [1.165, 1.54) is 30.6 Å². The molecule has 2 heterocycles. The van der Waals surface area contributed by atoms with E-state index in [0.717, 1.165) is 12.7 Å². The van der Waals surface area contributed by atoms with Crippen LogP contribution >= 0.6 is 11.6 Å². The molecule has 1 fully saturated rings. The zero-order valence-electron chi connectivity index (χ0n) is 29.9. The number of methoxy groups -OCH3 is 1. The number of alkyl halides is 3. The van der Waals surface area contributed by atoms with Crippen LogP contribution in [0.4, 0.5) is 36.4 Å². The number of hydrogen-bond acceptors (Lipinski definition) is 12. The molecule has 3 aromatic carbocycles. The molecule has 6 N–H and O–H groups in total. The highest BCUT2D eigenvalue weighted by Gasteiger charge is 2.45. The summed E-state index contributed by atoms with van der Waals surface area (Å²) in [6.45, 7) is -1.79. The van der Waals surface area contributed by atoms with E-state index in [2.05, 4.69) is 51.5 Å². The third kappa shape index (κ3) is 10.9. The Hall–Kier alpha value is -6.76. The lowest BCUT2D eigenvalue weighted by atomic mass is 10.1. The Kier molecular flexibility index (Phi) is 12.2. The molecule has 5 aromatic rings. The Balaban J connectivity index is 1.05. The van der Waals surface area contributed by atoms with Crippen LogP contribution in [0.25, 0.3) is 11.3 Å². The van der Waals surface area contributed by atoms with Gasteiger partial charge in [0.25, 0.3) is 5.91 Å². The molecule has 1 atom stereocenters. The van der Waals surface area contributed by atoms with Crippen molar-refractivity contribution in [2.24, 2.45) is 0 Å². The number of nitrogens with one attached hydrogen (secondary N) is 6. The third-order valence-electron chi connectivity index (χ3n) is 8.51. The summed E-state index contributed by atoms with van der Waals surface area (Å²) in [6, 6.07) is 17.9. The van der Waals surface area contributed by atoms with Gasteiger partial charge < -0.3 is 41.0 Å². The number of amides is 3. The third-order valence-corrected chi connectivity index (χ3v) is 8.76. The molecule has 0 radical (unpaired) electrons.